The van der Waals surface area contributed by atoms with Crippen LogP contribution in [0.2, 0.25) is 0 Å². The van der Waals surface area contributed by atoms with Gasteiger partial charge in [0.1, 0.15) is 5.69 Å². The van der Waals surface area contributed by atoms with E-state index in [0.717, 1.165) is 42.6 Å². The second-order valence-corrected chi connectivity index (χ2v) is 6.96. The Morgan fingerprint density at radius 1 is 1.19 bits per heavy atom. The summed E-state index contributed by atoms with van der Waals surface area (Å²) in [6.45, 7) is 0. The minimum absolute atomic E-state index is 0. The lowest BCUT2D eigenvalue weighted by molar-refractivity contribution is -0.142. The molecule has 0 aliphatic carbocycles. The van der Waals surface area contributed by atoms with E-state index in [1.54, 1.807) is 12.1 Å². The van der Waals surface area contributed by atoms with Crippen molar-refractivity contribution in [1.29, 1.82) is 0 Å². The highest BCUT2D eigenvalue weighted by molar-refractivity contribution is 5.95. The molecule has 27 heavy (non-hydrogen) atoms. The fourth-order valence-electron chi connectivity index (χ4n) is 3.95. The third-order valence-electron chi connectivity index (χ3n) is 5.09. The summed E-state index contributed by atoms with van der Waals surface area (Å²) in [6, 6.07) is 8.02. The van der Waals surface area contributed by atoms with E-state index in [1.165, 1.54) is 12.1 Å². The van der Waals surface area contributed by atoms with Gasteiger partial charge in [-0.05, 0) is 49.9 Å². The van der Waals surface area contributed by atoms with Crippen LogP contribution in [0.25, 0.3) is 5.69 Å². The molecule has 2 N–H and O–H groups in total. The van der Waals surface area contributed by atoms with Gasteiger partial charge in [-0.2, -0.15) is 18.3 Å². The van der Waals surface area contributed by atoms with E-state index in [2.05, 4.69) is 15.7 Å². The number of carbonyl (C=O) groups excluding carboxylic acids is 1. The van der Waals surface area contributed by atoms with Crippen molar-refractivity contribution >= 4 is 18.3 Å². The molecule has 146 valence electrons. The average molecular weight is 401 g/mol. The van der Waals surface area contributed by atoms with E-state index in [-0.39, 0.29) is 30.0 Å². The molecule has 3 heterocycles. The zero-order valence-electron chi connectivity index (χ0n) is 14.4. The van der Waals surface area contributed by atoms with Crippen LogP contribution in [0, 0.1) is 0 Å². The van der Waals surface area contributed by atoms with Crippen LogP contribution in [0.3, 0.4) is 0 Å². The number of nitrogens with one attached hydrogen (secondary N) is 2. The fourth-order valence-corrected chi connectivity index (χ4v) is 3.95. The summed E-state index contributed by atoms with van der Waals surface area (Å²) in [5, 5.41) is 10.3. The first-order valence-corrected chi connectivity index (χ1v) is 8.69. The molecule has 0 spiro atoms. The van der Waals surface area contributed by atoms with Crippen molar-refractivity contribution in [1.82, 2.24) is 20.4 Å². The van der Waals surface area contributed by atoms with Crippen LogP contribution in [-0.4, -0.2) is 33.8 Å². The molecule has 2 unspecified atom stereocenters. The lowest BCUT2D eigenvalue weighted by atomic mass is 9.99. The van der Waals surface area contributed by atoms with E-state index in [1.807, 2.05) is 0 Å². The predicted octanol–water partition coefficient (Wildman–Crippen LogP) is 3.33. The van der Waals surface area contributed by atoms with Gasteiger partial charge in [0.2, 0.25) is 0 Å². The summed E-state index contributed by atoms with van der Waals surface area (Å²) in [6.07, 6.45) is 0.625. The largest absolute Gasteiger partial charge is 0.433 e. The van der Waals surface area contributed by atoms with Gasteiger partial charge in [-0.15, -0.1) is 12.4 Å². The molecule has 2 fully saturated rings. The van der Waals surface area contributed by atoms with Gasteiger partial charge in [-0.25, -0.2) is 4.68 Å². The van der Waals surface area contributed by atoms with Crippen LogP contribution < -0.4 is 10.6 Å². The Kier molecular flexibility index (Phi) is 5.48. The summed E-state index contributed by atoms with van der Waals surface area (Å²) in [4.78, 5) is 12.6. The number of carbonyl (C=O) groups is 1. The smallest absolute Gasteiger partial charge is 0.349 e. The molecule has 2 aliphatic rings. The summed E-state index contributed by atoms with van der Waals surface area (Å²) in [5.41, 5.74) is -0.331. The van der Waals surface area contributed by atoms with E-state index < -0.39 is 11.9 Å². The van der Waals surface area contributed by atoms with Gasteiger partial charge in [0.05, 0.1) is 11.9 Å². The lowest BCUT2D eigenvalue weighted by Gasteiger charge is -2.29. The molecule has 2 atom stereocenters. The Morgan fingerprint density at radius 2 is 1.89 bits per heavy atom. The second-order valence-electron chi connectivity index (χ2n) is 6.96. The first kappa shape index (κ1) is 19.7. The SMILES string of the molecule is Cl.O=C(NC1CC2CCC(C1)N2)c1cccc(-n2nccc2C(F)(F)F)c1. The third kappa shape index (κ3) is 4.11. The Bertz CT molecular complexity index is 811. The molecule has 1 aromatic carbocycles. The molecular weight excluding hydrogens is 381 g/mol. The molecule has 0 saturated carbocycles. The van der Waals surface area contributed by atoms with Crippen LogP contribution in [0.4, 0.5) is 13.2 Å². The number of amides is 1. The maximum atomic E-state index is 13.1. The topological polar surface area (TPSA) is 59.0 Å². The summed E-state index contributed by atoms with van der Waals surface area (Å²) < 4.78 is 40.0. The van der Waals surface area contributed by atoms with Crippen LogP contribution in [0.1, 0.15) is 41.7 Å². The van der Waals surface area contributed by atoms with Gasteiger partial charge in [0.25, 0.3) is 5.91 Å². The number of aromatic nitrogens is 2. The molecule has 5 nitrogen and oxygen atoms in total. The van der Waals surface area contributed by atoms with Gasteiger partial charge in [-0.1, -0.05) is 6.07 Å². The number of halogens is 4. The molecule has 1 amide bonds. The molecule has 9 heteroatoms. The molecular formula is C18H20ClF3N4O. The molecule has 2 bridgehead atoms. The number of nitrogens with zero attached hydrogens (tertiary/aromatic N) is 2. The molecule has 2 saturated heterocycles. The minimum atomic E-state index is -4.51. The minimum Gasteiger partial charge on any atom is -0.349 e. The van der Waals surface area contributed by atoms with Gasteiger partial charge >= 0.3 is 6.18 Å². The number of rotatable bonds is 3. The Balaban J connectivity index is 0.00000210. The first-order chi connectivity index (χ1) is 12.4. The van der Waals surface area contributed by atoms with Crippen molar-refractivity contribution in [2.75, 3.05) is 0 Å². The summed E-state index contributed by atoms with van der Waals surface area (Å²) in [5.74, 6) is -0.265. The quantitative estimate of drug-likeness (QED) is 0.831. The average Bonchev–Trinajstić information content (AvgIpc) is 3.21. The molecule has 0 radical (unpaired) electrons. The monoisotopic (exact) mass is 400 g/mol. The van der Waals surface area contributed by atoms with E-state index in [0.29, 0.717) is 17.6 Å². The van der Waals surface area contributed by atoms with Crippen molar-refractivity contribution in [3.8, 4) is 5.69 Å². The Labute approximate surface area is 160 Å². The number of benzene rings is 1. The van der Waals surface area contributed by atoms with E-state index >= 15 is 0 Å². The van der Waals surface area contributed by atoms with Gasteiger partial charge < -0.3 is 10.6 Å². The van der Waals surface area contributed by atoms with Crippen molar-refractivity contribution in [2.24, 2.45) is 0 Å². The molecule has 4 rings (SSSR count). The van der Waals surface area contributed by atoms with Gasteiger partial charge in [-0.3, -0.25) is 4.79 Å². The fraction of sp³-hybridized carbons (Fsp3) is 0.444. The number of fused-ring (bicyclic) bond motifs is 2. The van der Waals surface area contributed by atoms with Gasteiger partial charge in [0, 0.05) is 23.7 Å². The highest BCUT2D eigenvalue weighted by Gasteiger charge is 2.36. The van der Waals surface area contributed by atoms with E-state index in [9.17, 15) is 18.0 Å². The Morgan fingerprint density at radius 3 is 2.56 bits per heavy atom. The molecule has 2 aliphatic heterocycles. The zero-order chi connectivity index (χ0) is 18.3. The summed E-state index contributed by atoms with van der Waals surface area (Å²) in [7, 11) is 0. The van der Waals surface area contributed by atoms with Crippen molar-refractivity contribution in [3.63, 3.8) is 0 Å². The van der Waals surface area contributed by atoms with Gasteiger partial charge in [0.15, 0.2) is 0 Å². The maximum absolute atomic E-state index is 13.1. The number of hydrogen-bond donors (Lipinski definition) is 2. The van der Waals surface area contributed by atoms with E-state index in [4.69, 9.17) is 0 Å². The van der Waals surface area contributed by atoms with Crippen LogP contribution >= 0.6 is 12.4 Å². The highest BCUT2D eigenvalue weighted by atomic mass is 35.5. The Hall–Kier alpha value is -2.06. The highest BCUT2D eigenvalue weighted by Crippen LogP contribution is 2.31. The van der Waals surface area contributed by atoms with Crippen molar-refractivity contribution in [3.05, 3.63) is 47.8 Å². The van der Waals surface area contributed by atoms with Crippen molar-refractivity contribution < 1.29 is 18.0 Å². The zero-order valence-corrected chi connectivity index (χ0v) is 15.2. The van der Waals surface area contributed by atoms with Crippen LogP contribution in [0.5, 0.6) is 0 Å². The number of piperidine rings is 1. The number of alkyl halides is 3. The van der Waals surface area contributed by atoms with Crippen LogP contribution in [-0.2, 0) is 6.18 Å². The summed E-state index contributed by atoms with van der Waals surface area (Å²) >= 11 is 0. The first-order valence-electron chi connectivity index (χ1n) is 8.69. The lowest BCUT2D eigenvalue weighted by Crippen LogP contribution is -2.48. The third-order valence-corrected chi connectivity index (χ3v) is 5.09. The van der Waals surface area contributed by atoms with Crippen molar-refractivity contribution in [2.45, 2.75) is 50.0 Å². The maximum Gasteiger partial charge on any atom is 0.433 e. The number of hydrogen-bond acceptors (Lipinski definition) is 3. The predicted molar refractivity (Wildman–Crippen MR) is 96.2 cm³/mol. The van der Waals surface area contributed by atoms with Crippen LogP contribution in [0.15, 0.2) is 36.5 Å². The molecule has 2 aromatic rings. The normalized spacial score (nSPS) is 24.3. The molecule has 1 aromatic heterocycles. The standard InChI is InChI=1S/C18H19F3N4O.ClH/c19-18(20,21)16-6-7-22-25(16)15-3-1-2-11(8-15)17(26)24-14-9-12-4-5-13(10-14)23-12;/h1-3,6-8,12-14,23H,4-5,9-10H2,(H,24,26);1H. The second kappa shape index (κ2) is 7.52.